The van der Waals surface area contributed by atoms with Gasteiger partial charge in [0, 0.05) is 18.0 Å². The summed E-state index contributed by atoms with van der Waals surface area (Å²) in [7, 11) is 1.61. The first-order chi connectivity index (χ1) is 10.3. The number of para-hydroxylation sites is 1. The van der Waals surface area contributed by atoms with Crippen molar-refractivity contribution in [1.29, 1.82) is 0 Å². The van der Waals surface area contributed by atoms with Crippen molar-refractivity contribution < 1.29 is 9.53 Å². The molecule has 0 saturated heterocycles. The molecule has 0 aliphatic heterocycles. The van der Waals surface area contributed by atoms with E-state index >= 15 is 0 Å². The first kappa shape index (κ1) is 13.8. The van der Waals surface area contributed by atoms with Crippen LogP contribution in [0.15, 0.2) is 24.3 Å². The number of hydrogen-bond donors (Lipinski definition) is 2. The summed E-state index contributed by atoms with van der Waals surface area (Å²) in [6.45, 7) is 0.393. The molecule has 1 aromatic carbocycles. The molecule has 7 heteroatoms. The maximum absolute atomic E-state index is 11.9. The van der Waals surface area contributed by atoms with Crippen LogP contribution in [0.2, 0.25) is 0 Å². The Hall–Kier alpha value is -2.15. The van der Waals surface area contributed by atoms with Gasteiger partial charge in [-0.25, -0.2) is 4.79 Å². The highest BCUT2D eigenvalue weighted by molar-refractivity contribution is 7.15. The quantitative estimate of drug-likeness (QED) is 0.890. The molecule has 1 saturated carbocycles. The van der Waals surface area contributed by atoms with E-state index in [9.17, 15) is 4.79 Å². The Morgan fingerprint density at radius 3 is 2.95 bits per heavy atom. The van der Waals surface area contributed by atoms with Crippen LogP contribution in [0.3, 0.4) is 0 Å². The van der Waals surface area contributed by atoms with E-state index < -0.39 is 0 Å². The van der Waals surface area contributed by atoms with Crippen molar-refractivity contribution in [1.82, 2.24) is 15.5 Å². The van der Waals surface area contributed by atoms with Gasteiger partial charge in [0.15, 0.2) is 0 Å². The number of nitrogens with one attached hydrogen (secondary N) is 2. The number of hydrogen-bond acceptors (Lipinski definition) is 5. The fourth-order valence-electron chi connectivity index (χ4n) is 1.95. The number of methoxy groups -OCH3 is 1. The number of nitrogens with zero attached hydrogens (tertiary/aromatic N) is 2. The smallest absolute Gasteiger partial charge is 0.321 e. The van der Waals surface area contributed by atoms with Gasteiger partial charge < -0.3 is 10.1 Å². The zero-order valence-corrected chi connectivity index (χ0v) is 12.4. The van der Waals surface area contributed by atoms with Gasteiger partial charge in [-0.2, -0.15) is 0 Å². The fourth-order valence-corrected chi connectivity index (χ4v) is 2.85. The van der Waals surface area contributed by atoms with Gasteiger partial charge in [0.1, 0.15) is 10.8 Å². The van der Waals surface area contributed by atoms with Crippen LogP contribution in [0.4, 0.5) is 9.93 Å². The van der Waals surface area contributed by atoms with Crippen molar-refractivity contribution in [2.75, 3.05) is 12.4 Å². The minimum Gasteiger partial charge on any atom is -0.496 e. The monoisotopic (exact) mass is 304 g/mol. The van der Waals surface area contributed by atoms with Gasteiger partial charge in [-0.3, -0.25) is 5.32 Å². The Balaban J connectivity index is 1.53. The van der Waals surface area contributed by atoms with Crippen molar-refractivity contribution in [2.45, 2.75) is 25.3 Å². The maximum atomic E-state index is 11.9. The van der Waals surface area contributed by atoms with E-state index in [1.165, 1.54) is 24.2 Å². The molecule has 0 unspecified atom stereocenters. The fraction of sp³-hybridized carbons (Fsp3) is 0.357. The molecule has 0 spiro atoms. The van der Waals surface area contributed by atoms with Gasteiger partial charge in [0.25, 0.3) is 0 Å². The summed E-state index contributed by atoms with van der Waals surface area (Å²) in [6, 6.07) is 7.28. The summed E-state index contributed by atoms with van der Waals surface area (Å²) in [6.07, 6.45) is 2.35. The summed E-state index contributed by atoms with van der Waals surface area (Å²) in [5, 5.41) is 15.1. The standard InChI is InChI=1S/C14H16N4O2S/c1-20-11-5-3-2-4-10(11)8-15-13(19)16-14-18-17-12(21-14)9-6-7-9/h2-5,9H,6-8H2,1H3,(H2,15,16,18,19). The third kappa shape index (κ3) is 3.49. The SMILES string of the molecule is COc1ccccc1CNC(=O)Nc1nnc(C2CC2)s1. The predicted molar refractivity (Wildman–Crippen MR) is 80.7 cm³/mol. The van der Waals surface area contributed by atoms with E-state index in [1.54, 1.807) is 7.11 Å². The Labute approximate surface area is 126 Å². The number of ether oxygens (including phenoxy) is 1. The first-order valence-corrected chi connectivity index (χ1v) is 7.58. The molecule has 1 aromatic heterocycles. The molecule has 2 amide bonds. The van der Waals surface area contributed by atoms with Crippen LogP contribution in [0.25, 0.3) is 0 Å². The number of benzene rings is 1. The minimum atomic E-state index is -0.292. The summed E-state index contributed by atoms with van der Waals surface area (Å²) >= 11 is 1.44. The van der Waals surface area contributed by atoms with Crippen LogP contribution in [0, 0.1) is 0 Å². The number of carbonyl (C=O) groups is 1. The molecule has 110 valence electrons. The largest absolute Gasteiger partial charge is 0.496 e. The number of urea groups is 1. The van der Waals surface area contributed by atoms with E-state index in [0.717, 1.165) is 16.3 Å². The second kappa shape index (κ2) is 6.09. The van der Waals surface area contributed by atoms with E-state index in [1.807, 2.05) is 24.3 Å². The molecule has 0 bridgehead atoms. The predicted octanol–water partition coefficient (Wildman–Crippen LogP) is 2.75. The Morgan fingerprint density at radius 2 is 2.19 bits per heavy atom. The molecule has 2 N–H and O–H groups in total. The Bertz CT molecular complexity index is 639. The molecular weight excluding hydrogens is 288 g/mol. The first-order valence-electron chi connectivity index (χ1n) is 6.76. The molecule has 21 heavy (non-hydrogen) atoms. The zero-order valence-electron chi connectivity index (χ0n) is 11.6. The zero-order chi connectivity index (χ0) is 14.7. The molecule has 2 aromatic rings. The lowest BCUT2D eigenvalue weighted by atomic mass is 10.2. The van der Waals surface area contributed by atoms with Gasteiger partial charge in [-0.1, -0.05) is 29.5 Å². The molecule has 1 heterocycles. The summed E-state index contributed by atoms with van der Waals surface area (Å²) in [4.78, 5) is 11.9. The van der Waals surface area contributed by atoms with Crippen LogP contribution in [0.1, 0.15) is 29.3 Å². The van der Waals surface area contributed by atoms with E-state index in [4.69, 9.17) is 4.74 Å². The molecule has 1 aliphatic rings. The van der Waals surface area contributed by atoms with Crippen LogP contribution >= 0.6 is 11.3 Å². The molecule has 1 fully saturated rings. The molecule has 0 atom stereocenters. The number of aromatic nitrogens is 2. The maximum Gasteiger partial charge on any atom is 0.321 e. The second-order valence-corrected chi connectivity index (χ2v) is 5.85. The lowest BCUT2D eigenvalue weighted by Gasteiger charge is -2.09. The van der Waals surface area contributed by atoms with Gasteiger partial charge >= 0.3 is 6.03 Å². The lowest BCUT2D eigenvalue weighted by molar-refractivity contribution is 0.251. The van der Waals surface area contributed by atoms with Crippen LogP contribution < -0.4 is 15.4 Å². The minimum absolute atomic E-state index is 0.292. The van der Waals surface area contributed by atoms with Gasteiger partial charge in [-0.15, -0.1) is 10.2 Å². The average molecular weight is 304 g/mol. The molecule has 6 nitrogen and oxygen atoms in total. The van der Waals surface area contributed by atoms with E-state index in [2.05, 4.69) is 20.8 Å². The van der Waals surface area contributed by atoms with Gasteiger partial charge in [-0.05, 0) is 18.9 Å². The highest BCUT2D eigenvalue weighted by Gasteiger charge is 2.27. The highest BCUT2D eigenvalue weighted by atomic mass is 32.1. The van der Waals surface area contributed by atoms with Crippen molar-refractivity contribution in [3.05, 3.63) is 34.8 Å². The van der Waals surface area contributed by atoms with Crippen LogP contribution in [-0.2, 0) is 6.54 Å². The Morgan fingerprint density at radius 1 is 1.38 bits per heavy atom. The number of amides is 2. The molecule has 0 radical (unpaired) electrons. The van der Waals surface area contributed by atoms with Crippen molar-refractivity contribution in [3.8, 4) is 5.75 Å². The van der Waals surface area contributed by atoms with Crippen LogP contribution in [-0.4, -0.2) is 23.3 Å². The van der Waals surface area contributed by atoms with Crippen LogP contribution in [0.5, 0.6) is 5.75 Å². The van der Waals surface area contributed by atoms with Crippen molar-refractivity contribution in [2.24, 2.45) is 0 Å². The normalized spacial score (nSPS) is 13.8. The molecular formula is C14H16N4O2S. The van der Waals surface area contributed by atoms with E-state index in [-0.39, 0.29) is 6.03 Å². The Kier molecular flexibility index (Phi) is 4.01. The number of anilines is 1. The van der Waals surface area contributed by atoms with Gasteiger partial charge in [0.05, 0.1) is 7.11 Å². The summed E-state index contributed by atoms with van der Waals surface area (Å²) < 4.78 is 5.24. The topological polar surface area (TPSA) is 76.1 Å². The average Bonchev–Trinajstić information content (AvgIpc) is 3.26. The third-order valence-corrected chi connectivity index (χ3v) is 4.22. The molecule has 3 rings (SSSR count). The van der Waals surface area contributed by atoms with Crippen molar-refractivity contribution in [3.63, 3.8) is 0 Å². The molecule has 1 aliphatic carbocycles. The highest BCUT2D eigenvalue weighted by Crippen LogP contribution is 2.41. The second-order valence-electron chi connectivity index (χ2n) is 4.84. The number of carbonyl (C=O) groups excluding carboxylic acids is 1. The number of rotatable bonds is 5. The third-order valence-electron chi connectivity index (χ3n) is 3.22. The van der Waals surface area contributed by atoms with Gasteiger partial charge in [0.2, 0.25) is 5.13 Å². The summed E-state index contributed by atoms with van der Waals surface area (Å²) in [5.74, 6) is 1.31. The van der Waals surface area contributed by atoms with E-state index in [0.29, 0.717) is 17.6 Å². The summed E-state index contributed by atoms with van der Waals surface area (Å²) in [5.41, 5.74) is 0.922. The van der Waals surface area contributed by atoms with Crippen molar-refractivity contribution >= 4 is 22.5 Å². The lowest BCUT2D eigenvalue weighted by Crippen LogP contribution is -2.28.